The number of urea groups is 1. The number of benzene rings is 2. The van der Waals surface area contributed by atoms with Crippen LogP contribution in [0.15, 0.2) is 52.2 Å². The maximum atomic E-state index is 15.5. The number of rotatable bonds is 8. The van der Waals surface area contributed by atoms with Gasteiger partial charge in [0.15, 0.2) is 6.30 Å². The average molecular weight is 673 g/mol. The highest BCUT2D eigenvalue weighted by Crippen LogP contribution is 2.31. The number of anilines is 1. The van der Waals surface area contributed by atoms with Crippen molar-refractivity contribution in [2.75, 3.05) is 32.1 Å². The highest BCUT2D eigenvalue weighted by molar-refractivity contribution is 6.33. The molecule has 47 heavy (non-hydrogen) atoms. The molecule has 2 aromatic carbocycles. The molecule has 1 fully saturated rings. The summed E-state index contributed by atoms with van der Waals surface area (Å²) in [5, 5.41) is 5.02. The number of amides is 4. The molecule has 0 aliphatic carbocycles. The van der Waals surface area contributed by atoms with Gasteiger partial charge in [0.25, 0.3) is 5.56 Å². The van der Waals surface area contributed by atoms with E-state index in [0.717, 1.165) is 15.2 Å². The van der Waals surface area contributed by atoms with Gasteiger partial charge in [-0.25, -0.2) is 18.4 Å². The number of ether oxygens (including phenoxy) is 1. The van der Waals surface area contributed by atoms with Crippen molar-refractivity contribution in [1.82, 2.24) is 24.3 Å². The zero-order valence-electron chi connectivity index (χ0n) is 26.1. The molecular formula is C32H35ClF2N6O6. The molecule has 2 unspecified atom stereocenters. The van der Waals surface area contributed by atoms with Gasteiger partial charge in [0.05, 0.1) is 23.7 Å². The fourth-order valence-electron chi connectivity index (χ4n) is 6.01. The summed E-state index contributed by atoms with van der Waals surface area (Å²) in [7, 11) is 1.51. The van der Waals surface area contributed by atoms with E-state index in [1.807, 2.05) is 0 Å². The van der Waals surface area contributed by atoms with E-state index in [2.05, 4.69) is 10.6 Å². The van der Waals surface area contributed by atoms with Crippen LogP contribution in [0.3, 0.4) is 0 Å². The molecule has 2 N–H and O–H groups in total. The van der Waals surface area contributed by atoms with Crippen molar-refractivity contribution in [1.29, 1.82) is 0 Å². The van der Waals surface area contributed by atoms with Crippen molar-refractivity contribution in [3.8, 4) is 16.9 Å². The first-order valence-electron chi connectivity index (χ1n) is 15.1. The second-order valence-electron chi connectivity index (χ2n) is 11.6. The van der Waals surface area contributed by atoms with E-state index in [1.165, 1.54) is 42.2 Å². The highest BCUT2D eigenvalue weighted by Gasteiger charge is 2.37. The summed E-state index contributed by atoms with van der Waals surface area (Å²) < 4.78 is 37.1. The van der Waals surface area contributed by atoms with E-state index in [9.17, 15) is 28.4 Å². The van der Waals surface area contributed by atoms with Crippen molar-refractivity contribution in [3.63, 3.8) is 0 Å². The number of likely N-dealkylation sites (tertiary alicyclic amines) is 1. The summed E-state index contributed by atoms with van der Waals surface area (Å²) in [5.41, 5.74) is -0.513. The Morgan fingerprint density at radius 1 is 1.13 bits per heavy atom. The Balaban J connectivity index is 1.35. The number of fused-ring (bicyclic) bond motifs is 1. The van der Waals surface area contributed by atoms with Gasteiger partial charge in [0.1, 0.15) is 18.1 Å². The normalized spacial score (nSPS) is 17.4. The Hall–Kier alpha value is -4.72. The van der Waals surface area contributed by atoms with Crippen molar-refractivity contribution >= 4 is 35.1 Å². The third-order valence-corrected chi connectivity index (χ3v) is 8.89. The van der Waals surface area contributed by atoms with Crippen LogP contribution in [-0.2, 0) is 22.6 Å². The molecule has 0 radical (unpaired) electrons. The predicted molar refractivity (Wildman–Crippen MR) is 171 cm³/mol. The largest absolute Gasteiger partial charge is 0.497 e. The van der Waals surface area contributed by atoms with Crippen LogP contribution in [0.4, 0.5) is 19.3 Å². The molecule has 1 aromatic heterocycles. The SMILES string of the molecule is COc1ccc2c(c1)CC(F)N(C1CCN(C(=O)Cn3cc(-c4cccc(F)c4Cl)c(=O)n(C(C)CNC(C)=O)c3=O)CC1)C(=O)N2. The number of carbonyl (C=O) groups excluding carboxylic acids is 3. The summed E-state index contributed by atoms with van der Waals surface area (Å²) >= 11 is 6.19. The molecule has 12 nitrogen and oxygen atoms in total. The maximum absolute atomic E-state index is 15.5. The predicted octanol–water partition coefficient (Wildman–Crippen LogP) is 3.55. The fraction of sp³-hybridized carbons (Fsp3) is 0.406. The maximum Gasteiger partial charge on any atom is 0.331 e. The molecule has 2 atom stereocenters. The van der Waals surface area contributed by atoms with Crippen LogP contribution in [-0.4, -0.2) is 75.9 Å². The second kappa shape index (κ2) is 14.0. The van der Waals surface area contributed by atoms with Gasteiger partial charge in [-0.1, -0.05) is 23.7 Å². The van der Waals surface area contributed by atoms with Crippen LogP contribution < -0.4 is 26.6 Å². The Labute approximate surface area is 273 Å². The third-order valence-electron chi connectivity index (χ3n) is 8.51. The fourth-order valence-corrected chi connectivity index (χ4v) is 6.24. The van der Waals surface area contributed by atoms with E-state index >= 15 is 4.39 Å². The van der Waals surface area contributed by atoms with Gasteiger partial charge >= 0.3 is 11.7 Å². The molecule has 4 amide bonds. The minimum atomic E-state index is -1.59. The van der Waals surface area contributed by atoms with Crippen LogP contribution in [0.1, 0.15) is 38.3 Å². The minimum absolute atomic E-state index is 0.0267. The number of nitrogens with one attached hydrogen (secondary N) is 2. The van der Waals surface area contributed by atoms with Crippen LogP contribution in [0.5, 0.6) is 5.75 Å². The monoisotopic (exact) mass is 672 g/mol. The molecule has 2 aliphatic heterocycles. The van der Waals surface area contributed by atoms with Gasteiger partial charge in [0, 0.05) is 56.5 Å². The second-order valence-corrected chi connectivity index (χ2v) is 12.0. The molecule has 3 aromatic rings. The van der Waals surface area contributed by atoms with E-state index < -0.39 is 53.9 Å². The van der Waals surface area contributed by atoms with E-state index in [0.29, 0.717) is 29.8 Å². The summed E-state index contributed by atoms with van der Waals surface area (Å²) in [5.74, 6) is -1.03. The first kappa shape index (κ1) is 33.6. The molecular weight excluding hydrogens is 638 g/mol. The minimum Gasteiger partial charge on any atom is -0.497 e. The number of nitrogens with zero attached hydrogens (tertiary/aromatic N) is 4. The lowest BCUT2D eigenvalue weighted by Gasteiger charge is -2.39. The summed E-state index contributed by atoms with van der Waals surface area (Å²) in [6.45, 7) is 2.72. The van der Waals surface area contributed by atoms with Crippen molar-refractivity contribution in [2.24, 2.45) is 0 Å². The number of halogens is 3. The zero-order chi connectivity index (χ0) is 34.0. The van der Waals surface area contributed by atoms with Gasteiger partial charge in [0.2, 0.25) is 11.8 Å². The van der Waals surface area contributed by atoms with Crippen molar-refractivity contribution < 1.29 is 27.9 Å². The molecule has 0 bridgehead atoms. The quantitative estimate of drug-likeness (QED) is 0.352. The number of methoxy groups -OCH3 is 1. The molecule has 250 valence electrons. The highest BCUT2D eigenvalue weighted by atomic mass is 35.5. The van der Waals surface area contributed by atoms with E-state index in [-0.39, 0.29) is 48.1 Å². The summed E-state index contributed by atoms with van der Waals surface area (Å²) in [6, 6.07) is 7.10. The zero-order valence-corrected chi connectivity index (χ0v) is 26.9. The standard InChI is InChI=1S/C32H35ClF2N6O6/c1-18(15-36-19(2)42)40-30(44)24(23-5-4-6-25(34)29(23)33)16-39(32(40)46)17-28(43)38-11-9-21(10-12-38)41-27(35)14-20-13-22(47-3)7-8-26(20)37-31(41)45/h4-8,13,16,18,21,27H,9-12,14-15,17H2,1-3H3,(H,36,42)(H,37,45). The number of piperidine rings is 1. The van der Waals surface area contributed by atoms with Gasteiger partial charge in [-0.05, 0) is 49.6 Å². The van der Waals surface area contributed by atoms with Crippen LogP contribution in [0.25, 0.3) is 11.1 Å². The number of aromatic nitrogens is 2. The lowest BCUT2D eigenvalue weighted by molar-refractivity contribution is -0.133. The Morgan fingerprint density at radius 3 is 2.53 bits per heavy atom. The number of hydrogen-bond acceptors (Lipinski definition) is 6. The first-order valence-corrected chi connectivity index (χ1v) is 15.5. The van der Waals surface area contributed by atoms with Crippen molar-refractivity contribution in [3.05, 3.63) is 79.8 Å². The van der Waals surface area contributed by atoms with E-state index in [4.69, 9.17) is 16.3 Å². The smallest absolute Gasteiger partial charge is 0.331 e. The molecule has 0 saturated carbocycles. The van der Waals surface area contributed by atoms with Crippen LogP contribution in [0, 0.1) is 5.82 Å². The number of alkyl halides is 1. The molecule has 3 heterocycles. The average Bonchev–Trinajstić information content (AvgIpc) is 3.16. The first-order chi connectivity index (χ1) is 22.4. The van der Waals surface area contributed by atoms with E-state index in [1.54, 1.807) is 25.1 Å². The van der Waals surface area contributed by atoms with Crippen LogP contribution >= 0.6 is 11.6 Å². The van der Waals surface area contributed by atoms with Gasteiger partial charge in [-0.3, -0.25) is 28.4 Å². The Bertz CT molecular complexity index is 1820. The topological polar surface area (TPSA) is 135 Å². The van der Waals surface area contributed by atoms with Crippen molar-refractivity contribution in [2.45, 2.75) is 58.0 Å². The third kappa shape index (κ3) is 7.02. The number of hydrogen-bond donors (Lipinski definition) is 2. The molecule has 0 spiro atoms. The Morgan fingerprint density at radius 2 is 1.85 bits per heavy atom. The molecule has 5 rings (SSSR count). The van der Waals surface area contributed by atoms with Gasteiger partial charge in [-0.15, -0.1) is 0 Å². The lowest BCUT2D eigenvalue weighted by Crippen LogP contribution is -2.53. The molecule has 1 saturated heterocycles. The molecule has 2 aliphatic rings. The molecule has 15 heteroatoms. The van der Waals surface area contributed by atoms with Gasteiger partial charge < -0.3 is 20.3 Å². The van der Waals surface area contributed by atoms with Gasteiger partial charge in [-0.2, -0.15) is 0 Å². The number of carbonyl (C=O) groups is 3. The van der Waals surface area contributed by atoms with Crippen LogP contribution in [0.2, 0.25) is 5.02 Å². The summed E-state index contributed by atoms with van der Waals surface area (Å²) in [4.78, 5) is 67.9. The lowest BCUT2D eigenvalue weighted by atomic mass is 10.0. The Kier molecular flexibility index (Phi) is 9.99. The summed E-state index contributed by atoms with van der Waals surface area (Å²) in [6.07, 6.45) is 0.153.